The van der Waals surface area contributed by atoms with Gasteiger partial charge in [-0.15, -0.1) is 0 Å². The number of ether oxygens (including phenoxy) is 1. The molecule has 0 aromatic heterocycles. The van der Waals surface area contributed by atoms with Crippen molar-refractivity contribution in [3.63, 3.8) is 0 Å². The van der Waals surface area contributed by atoms with E-state index in [4.69, 9.17) is 4.74 Å². The van der Waals surface area contributed by atoms with Crippen molar-refractivity contribution in [1.82, 2.24) is 5.32 Å². The summed E-state index contributed by atoms with van der Waals surface area (Å²) in [4.78, 5) is 0. The Morgan fingerprint density at radius 2 is 2.11 bits per heavy atom. The van der Waals surface area contributed by atoms with Gasteiger partial charge < -0.3 is 10.1 Å². The van der Waals surface area contributed by atoms with Gasteiger partial charge in [0.1, 0.15) is 0 Å². The molecule has 1 fully saturated rings. The van der Waals surface area contributed by atoms with Crippen LogP contribution < -0.4 is 5.32 Å². The molecule has 1 heterocycles. The predicted molar refractivity (Wildman–Crippen MR) is 73.8 cm³/mol. The van der Waals surface area contributed by atoms with E-state index in [1.165, 1.54) is 37.7 Å². The van der Waals surface area contributed by atoms with Crippen LogP contribution in [0.2, 0.25) is 0 Å². The van der Waals surface area contributed by atoms with Crippen molar-refractivity contribution in [2.45, 2.75) is 38.1 Å². The van der Waals surface area contributed by atoms with Crippen molar-refractivity contribution in [2.24, 2.45) is 5.92 Å². The van der Waals surface area contributed by atoms with E-state index in [1.54, 1.807) is 11.1 Å². The highest BCUT2D eigenvalue weighted by molar-refractivity contribution is 5.36. The number of aryl methyl sites for hydroxylation is 2. The van der Waals surface area contributed by atoms with Gasteiger partial charge in [0.2, 0.25) is 0 Å². The molecular formula is C16H23NO. The van der Waals surface area contributed by atoms with Crippen LogP contribution in [-0.2, 0) is 17.6 Å². The minimum atomic E-state index is 0.455. The first-order chi connectivity index (χ1) is 8.88. The van der Waals surface area contributed by atoms with Gasteiger partial charge in [-0.05, 0) is 55.8 Å². The normalized spacial score (nSPS) is 24.8. The molecule has 1 aliphatic heterocycles. The largest absolute Gasteiger partial charge is 0.381 e. The second-order valence-corrected chi connectivity index (χ2v) is 5.63. The fraction of sp³-hybridized carbons (Fsp3) is 0.625. The molecule has 2 nitrogen and oxygen atoms in total. The summed E-state index contributed by atoms with van der Waals surface area (Å²) >= 11 is 0. The molecule has 1 aromatic carbocycles. The maximum absolute atomic E-state index is 5.64. The maximum Gasteiger partial charge on any atom is 0.0512 e. The summed E-state index contributed by atoms with van der Waals surface area (Å²) < 4.78 is 5.64. The molecule has 2 unspecified atom stereocenters. The van der Waals surface area contributed by atoms with Gasteiger partial charge in [0, 0.05) is 18.6 Å². The summed E-state index contributed by atoms with van der Waals surface area (Å²) in [6, 6.07) is 7.54. The Hall–Kier alpha value is -0.860. The molecule has 0 bridgehead atoms. The van der Waals surface area contributed by atoms with Crippen molar-refractivity contribution < 1.29 is 4.74 Å². The van der Waals surface area contributed by atoms with Gasteiger partial charge in [0.25, 0.3) is 0 Å². The molecule has 0 saturated carbocycles. The van der Waals surface area contributed by atoms with E-state index < -0.39 is 0 Å². The Balaban J connectivity index is 1.82. The lowest BCUT2D eigenvalue weighted by Gasteiger charge is -2.30. The van der Waals surface area contributed by atoms with E-state index in [1.807, 2.05) is 0 Å². The Morgan fingerprint density at radius 1 is 1.22 bits per heavy atom. The number of rotatable bonds is 3. The molecule has 2 heteroatoms. The standard InChI is InChI=1S/C16H23NO/c1-17-16(15-6-3-9-18-11-15)14-8-7-12-4-2-5-13(12)10-14/h7-8,10,15-17H,2-6,9,11H2,1H3. The average molecular weight is 245 g/mol. The number of hydrogen-bond donors (Lipinski definition) is 1. The van der Waals surface area contributed by atoms with Crippen LogP contribution in [0.1, 0.15) is 42.0 Å². The zero-order chi connectivity index (χ0) is 12.4. The van der Waals surface area contributed by atoms with Crippen molar-refractivity contribution in [2.75, 3.05) is 20.3 Å². The summed E-state index contributed by atoms with van der Waals surface area (Å²) in [5.41, 5.74) is 4.59. The third-order valence-electron chi connectivity index (χ3n) is 4.46. The highest BCUT2D eigenvalue weighted by Gasteiger charge is 2.25. The van der Waals surface area contributed by atoms with Gasteiger partial charge in [-0.1, -0.05) is 18.2 Å². The quantitative estimate of drug-likeness (QED) is 0.884. The van der Waals surface area contributed by atoms with E-state index >= 15 is 0 Å². The summed E-state index contributed by atoms with van der Waals surface area (Å²) in [5, 5.41) is 3.50. The van der Waals surface area contributed by atoms with E-state index in [0.717, 1.165) is 13.2 Å². The maximum atomic E-state index is 5.64. The van der Waals surface area contributed by atoms with Crippen molar-refractivity contribution >= 4 is 0 Å². The third kappa shape index (κ3) is 2.32. The minimum Gasteiger partial charge on any atom is -0.381 e. The molecule has 2 atom stereocenters. The van der Waals surface area contributed by atoms with Gasteiger partial charge in [0.05, 0.1) is 6.61 Å². The summed E-state index contributed by atoms with van der Waals surface area (Å²) in [6.07, 6.45) is 6.35. The molecule has 0 spiro atoms. The topological polar surface area (TPSA) is 21.3 Å². The first kappa shape index (κ1) is 12.2. The van der Waals surface area contributed by atoms with E-state index in [-0.39, 0.29) is 0 Å². The third-order valence-corrected chi connectivity index (χ3v) is 4.46. The monoisotopic (exact) mass is 245 g/mol. The van der Waals surface area contributed by atoms with Crippen LogP contribution in [-0.4, -0.2) is 20.3 Å². The lowest BCUT2D eigenvalue weighted by atomic mass is 9.87. The van der Waals surface area contributed by atoms with Crippen LogP contribution in [0.5, 0.6) is 0 Å². The number of hydrogen-bond acceptors (Lipinski definition) is 2. The van der Waals surface area contributed by atoms with Crippen LogP contribution in [0.15, 0.2) is 18.2 Å². The lowest BCUT2D eigenvalue weighted by Crippen LogP contribution is -2.31. The van der Waals surface area contributed by atoms with E-state index in [9.17, 15) is 0 Å². The molecule has 3 rings (SSSR count). The second kappa shape index (κ2) is 5.41. The zero-order valence-corrected chi connectivity index (χ0v) is 11.2. The molecule has 0 radical (unpaired) electrons. The molecule has 1 saturated heterocycles. The summed E-state index contributed by atoms with van der Waals surface area (Å²) in [6.45, 7) is 1.85. The fourth-order valence-corrected chi connectivity index (χ4v) is 3.49. The average Bonchev–Trinajstić information content (AvgIpc) is 2.88. The van der Waals surface area contributed by atoms with Gasteiger partial charge in [-0.25, -0.2) is 0 Å². The van der Waals surface area contributed by atoms with E-state index in [2.05, 4.69) is 30.6 Å². The van der Waals surface area contributed by atoms with Crippen LogP contribution in [0.4, 0.5) is 0 Å². The Labute approximate surface area is 110 Å². The van der Waals surface area contributed by atoms with Crippen LogP contribution in [0.25, 0.3) is 0 Å². The van der Waals surface area contributed by atoms with Crippen LogP contribution >= 0.6 is 0 Å². The minimum absolute atomic E-state index is 0.455. The first-order valence-corrected chi connectivity index (χ1v) is 7.25. The molecule has 0 amide bonds. The summed E-state index contributed by atoms with van der Waals surface area (Å²) in [7, 11) is 2.08. The van der Waals surface area contributed by atoms with Gasteiger partial charge in [0.15, 0.2) is 0 Å². The number of benzene rings is 1. The van der Waals surface area contributed by atoms with Gasteiger partial charge in [-0.2, -0.15) is 0 Å². The number of fused-ring (bicyclic) bond motifs is 1. The number of nitrogens with one attached hydrogen (secondary N) is 1. The Morgan fingerprint density at radius 3 is 2.89 bits per heavy atom. The smallest absolute Gasteiger partial charge is 0.0512 e. The van der Waals surface area contributed by atoms with Crippen molar-refractivity contribution in [3.8, 4) is 0 Å². The molecule has 1 N–H and O–H groups in total. The predicted octanol–water partition coefficient (Wildman–Crippen LogP) is 2.86. The lowest BCUT2D eigenvalue weighted by molar-refractivity contribution is 0.0402. The molecule has 1 aliphatic carbocycles. The van der Waals surface area contributed by atoms with Crippen molar-refractivity contribution in [3.05, 3.63) is 34.9 Å². The molecule has 2 aliphatic rings. The van der Waals surface area contributed by atoms with Crippen LogP contribution in [0, 0.1) is 5.92 Å². The molecule has 1 aromatic rings. The highest BCUT2D eigenvalue weighted by atomic mass is 16.5. The first-order valence-electron chi connectivity index (χ1n) is 7.25. The highest BCUT2D eigenvalue weighted by Crippen LogP contribution is 2.31. The molecule has 18 heavy (non-hydrogen) atoms. The SMILES string of the molecule is CNC(c1ccc2c(c1)CCC2)C1CCCOC1. The van der Waals surface area contributed by atoms with E-state index in [0.29, 0.717) is 12.0 Å². The molecule has 98 valence electrons. The Bertz CT molecular complexity index is 410. The zero-order valence-electron chi connectivity index (χ0n) is 11.2. The summed E-state index contributed by atoms with van der Waals surface area (Å²) in [5.74, 6) is 0.628. The molecular weight excluding hydrogens is 222 g/mol. The second-order valence-electron chi connectivity index (χ2n) is 5.63. The Kier molecular flexibility index (Phi) is 3.67. The van der Waals surface area contributed by atoms with Crippen LogP contribution in [0.3, 0.4) is 0 Å². The van der Waals surface area contributed by atoms with Gasteiger partial charge in [-0.3, -0.25) is 0 Å². The fourth-order valence-electron chi connectivity index (χ4n) is 3.49. The van der Waals surface area contributed by atoms with Crippen molar-refractivity contribution in [1.29, 1.82) is 0 Å². The van der Waals surface area contributed by atoms with Gasteiger partial charge >= 0.3 is 0 Å².